The molecule has 0 bridgehead atoms. The molecule has 1 N–H and O–H groups in total. The van der Waals surface area contributed by atoms with Crippen LogP contribution in [0.1, 0.15) is 12.5 Å². The van der Waals surface area contributed by atoms with Gasteiger partial charge in [-0.1, -0.05) is 42.5 Å². The van der Waals surface area contributed by atoms with Gasteiger partial charge in [0.25, 0.3) is 0 Å². The molecule has 0 aliphatic carbocycles. The highest BCUT2D eigenvalue weighted by atomic mass is 16.5. The molecule has 1 unspecified atom stereocenters. The van der Waals surface area contributed by atoms with Crippen molar-refractivity contribution in [2.75, 3.05) is 11.4 Å². The molecule has 1 aliphatic heterocycles. The number of benzene rings is 2. The number of carbonyl (C=O) groups excluding carboxylic acids is 1. The van der Waals surface area contributed by atoms with Crippen molar-refractivity contribution in [3.63, 3.8) is 0 Å². The third kappa shape index (κ3) is 2.99. The molecule has 0 spiro atoms. The summed E-state index contributed by atoms with van der Waals surface area (Å²) in [4.78, 5) is 14.2. The quantitative estimate of drug-likeness (QED) is 0.919. The Bertz CT molecular complexity index is 628. The maximum Gasteiger partial charge on any atom is 0.322 e. The Morgan fingerprint density at radius 2 is 1.90 bits per heavy atom. The van der Waals surface area contributed by atoms with Gasteiger partial charge < -0.3 is 10.1 Å². The van der Waals surface area contributed by atoms with Gasteiger partial charge in [0, 0.05) is 6.54 Å². The molecule has 0 saturated heterocycles. The lowest BCUT2D eigenvalue weighted by Gasteiger charge is -2.33. The van der Waals surface area contributed by atoms with E-state index in [2.05, 4.69) is 5.32 Å². The first kappa shape index (κ1) is 13.5. The van der Waals surface area contributed by atoms with Gasteiger partial charge in [-0.05, 0) is 24.6 Å². The molecule has 108 valence electrons. The summed E-state index contributed by atoms with van der Waals surface area (Å²) in [5.74, 6) is 0.756. The highest BCUT2D eigenvalue weighted by molar-refractivity contribution is 5.94. The molecule has 1 aliphatic rings. The standard InChI is InChI=1S/C17H18N2O2/c1-13-12-19(15-9-5-6-10-16(15)21-13)17(20)18-11-14-7-3-2-4-8-14/h2-10,13H,11-12H2,1H3,(H,18,20). The number of urea groups is 1. The van der Waals surface area contributed by atoms with E-state index in [0.717, 1.165) is 17.0 Å². The fraction of sp³-hybridized carbons (Fsp3) is 0.235. The highest BCUT2D eigenvalue weighted by Gasteiger charge is 2.26. The van der Waals surface area contributed by atoms with Gasteiger partial charge in [-0.2, -0.15) is 0 Å². The average Bonchev–Trinajstić information content (AvgIpc) is 2.52. The maximum absolute atomic E-state index is 12.4. The molecule has 21 heavy (non-hydrogen) atoms. The van der Waals surface area contributed by atoms with Crippen LogP contribution in [0.3, 0.4) is 0 Å². The minimum absolute atomic E-state index is 0.0117. The Labute approximate surface area is 124 Å². The molecular formula is C17H18N2O2. The van der Waals surface area contributed by atoms with Crippen LogP contribution in [0.25, 0.3) is 0 Å². The van der Waals surface area contributed by atoms with E-state index in [9.17, 15) is 4.79 Å². The van der Waals surface area contributed by atoms with Crippen LogP contribution in [0.2, 0.25) is 0 Å². The number of rotatable bonds is 2. The first-order valence-corrected chi connectivity index (χ1v) is 7.09. The zero-order chi connectivity index (χ0) is 14.7. The summed E-state index contributed by atoms with van der Waals surface area (Å²) in [6.45, 7) is 3.04. The Balaban J connectivity index is 1.73. The second kappa shape index (κ2) is 5.87. The fourth-order valence-electron chi connectivity index (χ4n) is 2.45. The Morgan fingerprint density at radius 3 is 2.71 bits per heavy atom. The predicted molar refractivity (Wildman–Crippen MR) is 82.6 cm³/mol. The zero-order valence-corrected chi connectivity index (χ0v) is 12.0. The molecule has 0 aromatic heterocycles. The second-order valence-corrected chi connectivity index (χ2v) is 5.15. The van der Waals surface area contributed by atoms with Crippen LogP contribution < -0.4 is 15.0 Å². The van der Waals surface area contributed by atoms with Crippen LogP contribution in [-0.4, -0.2) is 18.7 Å². The number of anilines is 1. The number of hydrogen-bond donors (Lipinski definition) is 1. The van der Waals surface area contributed by atoms with Gasteiger partial charge in [0.1, 0.15) is 11.9 Å². The number of amides is 2. The monoisotopic (exact) mass is 282 g/mol. The first-order valence-electron chi connectivity index (χ1n) is 7.09. The van der Waals surface area contributed by atoms with Crippen molar-refractivity contribution in [3.05, 3.63) is 60.2 Å². The lowest BCUT2D eigenvalue weighted by molar-refractivity contribution is 0.205. The van der Waals surface area contributed by atoms with E-state index in [1.165, 1.54) is 0 Å². The SMILES string of the molecule is CC1CN(C(=O)NCc2ccccc2)c2ccccc2O1. The number of hydrogen-bond acceptors (Lipinski definition) is 2. The number of ether oxygens (including phenoxy) is 1. The van der Waals surface area contributed by atoms with Crippen LogP contribution in [0.15, 0.2) is 54.6 Å². The average molecular weight is 282 g/mol. The Kier molecular flexibility index (Phi) is 3.77. The molecular weight excluding hydrogens is 264 g/mol. The van der Waals surface area contributed by atoms with Crippen molar-refractivity contribution in [2.45, 2.75) is 19.6 Å². The maximum atomic E-state index is 12.4. The fourth-order valence-corrected chi connectivity index (χ4v) is 2.45. The molecule has 2 amide bonds. The van der Waals surface area contributed by atoms with E-state index < -0.39 is 0 Å². The van der Waals surface area contributed by atoms with Crippen molar-refractivity contribution in [1.29, 1.82) is 0 Å². The number of nitrogens with one attached hydrogen (secondary N) is 1. The van der Waals surface area contributed by atoms with E-state index in [1.807, 2.05) is 61.5 Å². The topological polar surface area (TPSA) is 41.6 Å². The van der Waals surface area contributed by atoms with Gasteiger partial charge in [-0.15, -0.1) is 0 Å². The third-order valence-electron chi connectivity index (χ3n) is 3.46. The summed E-state index contributed by atoms with van der Waals surface area (Å²) in [6, 6.07) is 17.4. The largest absolute Gasteiger partial charge is 0.487 e. The molecule has 4 nitrogen and oxygen atoms in total. The van der Waals surface area contributed by atoms with E-state index in [1.54, 1.807) is 4.90 Å². The number of nitrogens with zero attached hydrogens (tertiary/aromatic N) is 1. The van der Waals surface area contributed by atoms with Gasteiger partial charge >= 0.3 is 6.03 Å². The Hall–Kier alpha value is -2.49. The van der Waals surface area contributed by atoms with Crippen LogP contribution in [0.4, 0.5) is 10.5 Å². The molecule has 0 radical (unpaired) electrons. The van der Waals surface area contributed by atoms with Gasteiger partial charge in [0.05, 0.1) is 12.2 Å². The number of carbonyl (C=O) groups is 1. The molecule has 0 fully saturated rings. The molecule has 4 heteroatoms. The molecule has 2 aromatic rings. The van der Waals surface area contributed by atoms with E-state index in [0.29, 0.717) is 13.1 Å². The minimum Gasteiger partial charge on any atom is -0.487 e. The summed E-state index contributed by atoms with van der Waals surface area (Å²) in [7, 11) is 0. The summed E-state index contributed by atoms with van der Waals surface area (Å²) in [5.41, 5.74) is 1.90. The normalized spacial score (nSPS) is 16.8. The van der Waals surface area contributed by atoms with E-state index in [4.69, 9.17) is 4.74 Å². The van der Waals surface area contributed by atoms with E-state index in [-0.39, 0.29) is 12.1 Å². The lowest BCUT2D eigenvalue weighted by atomic mass is 10.2. The smallest absolute Gasteiger partial charge is 0.322 e. The summed E-state index contributed by atoms with van der Waals surface area (Å²) in [6.07, 6.45) is -0.0117. The molecule has 0 saturated carbocycles. The van der Waals surface area contributed by atoms with Crippen molar-refractivity contribution in [1.82, 2.24) is 5.32 Å². The van der Waals surface area contributed by atoms with E-state index >= 15 is 0 Å². The summed E-state index contributed by atoms with van der Waals surface area (Å²) >= 11 is 0. The van der Waals surface area contributed by atoms with Crippen LogP contribution >= 0.6 is 0 Å². The molecule has 3 rings (SSSR count). The van der Waals surface area contributed by atoms with Crippen molar-refractivity contribution >= 4 is 11.7 Å². The van der Waals surface area contributed by atoms with Crippen molar-refractivity contribution < 1.29 is 9.53 Å². The summed E-state index contributed by atoms with van der Waals surface area (Å²) in [5, 5.41) is 2.96. The van der Waals surface area contributed by atoms with Gasteiger partial charge in [0.15, 0.2) is 0 Å². The molecule has 1 atom stereocenters. The molecule has 2 aromatic carbocycles. The highest BCUT2D eigenvalue weighted by Crippen LogP contribution is 2.32. The summed E-state index contributed by atoms with van der Waals surface area (Å²) < 4.78 is 5.75. The van der Waals surface area contributed by atoms with Gasteiger partial charge in [-0.25, -0.2) is 4.79 Å². The predicted octanol–water partition coefficient (Wildman–Crippen LogP) is 3.18. The van der Waals surface area contributed by atoms with Gasteiger partial charge in [-0.3, -0.25) is 4.90 Å². The van der Waals surface area contributed by atoms with Crippen LogP contribution in [0, 0.1) is 0 Å². The van der Waals surface area contributed by atoms with Gasteiger partial charge in [0.2, 0.25) is 0 Å². The van der Waals surface area contributed by atoms with Crippen LogP contribution in [-0.2, 0) is 6.54 Å². The lowest BCUT2D eigenvalue weighted by Crippen LogP contribution is -2.47. The second-order valence-electron chi connectivity index (χ2n) is 5.15. The van der Waals surface area contributed by atoms with Crippen molar-refractivity contribution in [3.8, 4) is 5.75 Å². The Morgan fingerprint density at radius 1 is 1.19 bits per heavy atom. The zero-order valence-electron chi connectivity index (χ0n) is 12.0. The van der Waals surface area contributed by atoms with Crippen molar-refractivity contribution in [2.24, 2.45) is 0 Å². The van der Waals surface area contributed by atoms with Crippen LogP contribution in [0.5, 0.6) is 5.75 Å². The minimum atomic E-state index is -0.0959. The number of para-hydroxylation sites is 2. The molecule has 1 heterocycles. The third-order valence-corrected chi connectivity index (χ3v) is 3.46. The first-order chi connectivity index (χ1) is 10.2. The number of fused-ring (bicyclic) bond motifs is 1.